The summed E-state index contributed by atoms with van der Waals surface area (Å²) in [6.45, 7) is 0.415. The lowest BCUT2D eigenvalue weighted by Gasteiger charge is -2.12. The molecule has 0 aliphatic carbocycles. The van der Waals surface area contributed by atoms with Gasteiger partial charge in [-0.1, -0.05) is 36.4 Å². The molecule has 4 heteroatoms. The molecule has 0 N–H and O–H groups in total. The Bertz CT molecular complexity index is 820. The van der Waals surface area contributed by atoms with Gasteiger partial charge in [0.2, 0.25) is 0 Å². The molecule has 112 valence electrons. The highest BCUT2D eigenvalue weighted by molar-refractivity contribution is 5.98. The molecule has 22 heavy (non-hydrogen) atoms. The van der Waals surface area contributed by atoms with E-state index in [1.54, 1.807) is 13.2 Å². The first-order valence-electron chi connectivity index (χ1n) is 7.01. The summed E-state index contributed by atoms with van der Waals surface area (Å²) in [5.41, 5.74) is 3.39. The van der Waals surface area contributed by atoms with E-state index < -0.39 is 0 Å². The molecule has 1 heterocycles. The van der Waals surface area contributed by atoms with Crippen LogP contribution < -0.4 is 0 Å². The fourth-order valence-electron chi connectivity index (χ4n) is 2.70. The van der Waals surface area contributed by atoms with Crippen molar-refractivity contribution in [2.24, 2.45) is 0 Å². The molecule has 0 spiro atoms. The zero-order valence-corrected chi connectivity index (χ0v) is 12.6. The minimum absolute atomic E-state index is 0.343. The third-order valence-electron chi connectivity index (χ3n) is 3.68. The van der Waals surface area contributed by atoms with Crippen molar-refractivity contribution < 1.29 is 14.3 Å². The fraction of sp³-hybridized carbons (Fsp3) is 0.167. The van der Waals surface area contributed by atoms with Gasteiger partial charge < -0.3 is 14.0 Å². The summed E-state index contributed by atoms with van der Waals surface area (Å²) in [6.07, 6.45) is 0. The van der Waals surface area contributed by atoms with Gasteiger partial charge in [-0.3, -0.25) is 0 Å². The molecule has 2 aromatic carbocycles. The number of esters is 1. The maximum Gasteiger partial charge on any atom is 0.338 e. The molecule has 0 radical (unpaired) electrons. The summed E-state index contributed by atoms with van der Waals surface area (Å²) < 4.78 is 12.3. The van der Waals surface area contributed by atoms with E-state index in [1.807, 2.05) is 42.5 Å². The van der Waals surface area contributed by atoms with Crippen LogP contribution in [0.25, 0.3) is 22.2 Å². The number of benzene rings is 2. The van der Waals surface area contributed by atoms with Crippen LogP contribution in [0.5, 0.6) is 0 Å². The van der Waals surface area contributed by atoms with Crippen LogP contribution in [0.3, 0.4) is 0 Å². The van der Waals surface area contributed by atoms with Gasteiger partial charge >= 0.3 is 5.97 Å². The first-order valence-corrected chi connectivity index (χ1v) is 7.01. The van der Waals surface area contributed by atoms with Gasteiger partial charge in [0.1, 0.15) is 6.73 Å². The second-order valence-corrected chi connectivity index (χ2v) is 4.97. The molecule has 0 aliphatic rings. The molecule has 0 amide bonds. The number of fused-ring (bicyclic) bond motifs is 1. The van der Waals surface area contributed by atoms with Crippen LogP contribution in [0.4, 0.5) is 0 Å². The second kappa shape index (κ2) is 6.03. The van der Waals surface area contributed by atoms with Gasteiger partial charge in [0.15, 0.2) is 0 Å². The quantitative estimate of drug-likeness (QED) is 0.689. The lowest BCUT2D eigenvalue weighted by Crippen LogP contribution is -2.07. The first kappa shape index (κ1) is 14.4. The maximum atomic E-state index is 12.0. The number of methoxy groups -OCH3 is 2. The Hall–Kier alpha value is -2.59. The van der Waals surface area contributed by atoms with E-state index in [9.17, 15) is 4.79 Å². The van der Waals surface area contributed by atoms with Crippen molar-refractivity contribution in [3.05, 3.63) is 60.2 Å². The number of carbonyl (C=O) groups is 1. The van der Waals surface area contributed by atoms with Crippen LogP contribution in [-0.2, 0) is 16.2 Å². The van der Waals surface area contributed by atoms with Crippen molar-refractivity contribution in [1.82, 2.24) is 4.57 Å². The second-order valence-electron chi connectivity index (χ2n) is 4.97. The summed E-state index contributed by atoms with van der Waals surface area (Å²) in [4.78, 5) is 12.0. The number of hydrogen-bond donors (Lipinski definition) is 0. The molecular formula is C18H17NO3. The highest BCUT2D eigenvalue weighted by Crippen LogP contribution is 2.30. The van der Waals surface area contributed by atoms with Crippen LogP contribution in [0.15, 0.2) is 54.6 Å². The molecule has 1 aromatic heterocycles. The fourth-order valence-corrected chi connectivity index (χ4v) is 2.70. The summed E-state index contributed by atoms with van der Waals surface area (Å²) in [7, 11) is 3.05. The largest absolute Gasteiger partial charge is 0.465 e. The number of para-hydroxylation sites is 1. The molecule has 0 aliphatic heterocycles. The molecule has 0 bridgehead atoms. The molecule has 3 rings (SSSR count). The van der Waals surface area contributed by atoms with Crippen LogP contribution in [-0.4, -0.2) is 24.8 Å². The van der Waals surface area contributed by atoms with Crippen molar-refractivity contribution >= 4 is 16.9 Å². The number of ether oxygens (including phenoxy) is 2. The van der Waals surface area contributed by atoms with Crippen LogP contribution >= 0.6 is 0 Å². The Balaban J connectivity index is 2.26. The average Bonchev–Trinajstić information content (AvgIpc) is 2.93. The van der Waals surface area contributed by atoms with Crippen LogP contribution in [0.1, 0.15) is 10.4 Å². The Kier molecular flexibility index (Phi) is 3.94. The zero-order chi connectivity index (χ0) is 15.5. The van der Waals surface area contributed by atoms with Crippen molar-refractivity contribution in [2.75, 3.05) is 14.2 Å². The van der Waals surface area contributed by atoms with Gasteiger partial charge in [-0.15, -0.1) is 0 Å². The topological polar surface area (TPSA) is 40.5 Å². The standard InChI is InChI=1S/C18H17NO3/c1-21-12-19-16-10-6-3-7-13(16)11-17(19)14-8-4-5-9-15(14)18(20)22-2/h3-11H,12H2,1-2H3. The minimum atomic E-state index is -0.343. The summed E-state index contributed by atoms with van der Waals surface area (Å²) >= 11 is 0. The number of carbonyl (C=O) groups excluding carboxylic acids is 1. The van der Waals surface area contributed by atoms with E-state index in [0.29, 0.717) is 12.3 Å². The van der Waals surface area contributed by atoms with Crippen LogP contribution in [0, 0.1) is 0 Å². The van der Waals surface area contributed by atoms with Crippen molar-refractivity contribution in [3.63, 3.8) is 0 Å². The normalized spacial score (nSPS) is 10.8. The number of hydrogen-bond acceptors (Lipinski definition) is 3. The SMILES string of the molecule is COCn1c(-c2ccccc2C(=O)OC)cc2ccccc21. The predicted octanol–water partition coefficient (Wildman–Crippen LogP) is 3.70. The van der Waals surface area contributed by atoms with Gasteiger partial charge in [-0.2, -0.15) is 0 Å². The molecule has 0 unspecified atom stereocenters. The third kappa shape index (κ3) is 2.38. The molecule has 0 atom stereocenters. The Morgan fingerprint density at radius 2 is 1.77 bits per heavy atom. The Morgan fingerprint density at radius 3 is 2.55 bits per heavy atom. The van der Waals surface area contributed by atoms with Crippen molar-refractivity contribution in [1.29, 1.82) is 0 Å². The third-order valence-corrected chi connectivity index (χ3v) is 3.68. The number of nitrogens with zero attached hydrogens (tertiary/aromatic N) is 1. The van der Waals surface area contributed by atoms with Gasteiger partial charge in [0.05, 0.1) is 23.9 Å². The Morgan fingerprint density at radius 1 is 1.05 bits per heavy atom. The van der Waals surface area contributed by atoms with Gasteiger partial charge in [0, 0.05) is 18.1 Å². The van der Waals surface area contributed by atoms with Gasteiger partial charge in [0.25, 0.3) is 0 Å². The highest BCUT2D eigenvalue weighted by Gasteiger charge is 2.17. The van der Waals surface area contributed by atoms with Gasteiger partial charge in [-0.25, -0.2) is 4.79 Å². The maximum absolute atomic E-state index is 12.0. The van der Waals surface area contributed by atoms with E-state index in [0.717, 1.165) is 22.2 Å². The molecular weight excluding hydrogens is 278 g/mol. The van der Waals surface area contributed by atoms with E-state index >= 15 is 0 Å². The smallest absolute Gasteiger partial charge is 0.338 e. The van der Waals surface area contributed by atoms with E-state index in [1.165, 1.54) is 7.11 Å². The predicted molar refractivity (Wildman–Crippen MR) is 85.7 cm³/mol. The van der Waals surface area contributed by atoms with E-state index in [-0.39, 0.29) is 5.97 Å². The van der Waals surface area contributed by atoms with E-state index in [2.05, 4.69) is 10.6 Å². The van der Waals surface area contributed by atoms with Gasteiger partial charge in [-0.05, 0) is 18.2 Å². The number of aromatic nitrogens is 1. The summed E-state index contributed by atoms with van der Waals surface area (Å²) in [6, 6.07) is 17.6. The first-order chi connectivity index (χ1) is 10.8. The molecule has 4 nitrogen and oxygen atoms in total. The molecule has 3 aromatic rings. The zero-order valence-electron chi connectivity index (χ0n) is 12.6. The molecule has 0 saturated heterocycles. The summed E-state index contributed by atoms with van der Waals surface area (Å²) in [5, 5.41) is 1.11. The molecule has 0 fully saturated rings. The number of rotatable bonds is 4. The monoisotopic (exact) mass is 295 g/mol. The summed E-state index contributed by atoms with van der Waals surface area (Å²) in [5.74, 6) is -0.343. The Labute approximate surface area is 128 Å². The molecule has 0 saturated carbocycles. The van der Waals surface area contributed by atoms with Crippen molar-refractivity contribution in [3.8, 4) is 11.3 Å². The van der Waals surface area contributed by atoms with Crippen LogP contribution in [0.2, 0.25) is 0 Å². The highest BCUT2D eigenvalue weighted by atomic mass is 16.5. The van der Waals surface area contributed by atoms with E-state index in [4.69, 9.17) is 9.47 Å². The minimum Gasteiger partial charge on any atom is -0.465 e. The average molecular weight is 295 g/mol. The van der Waals surface area contributed by atoms with Crippen molar-refractivity contribution in [2.45, 2.75) is 6.73 Å². The lowest BCUT2D eigenvalue weighted by atomic mass is 10.0. The lowest BCUT2D eigenvalue weighted by molar-refractivity contribution is 0.0601.